The van der Waals surface area contributed by atoms with E-state index < -0.39 is 0 Å². The second kappa shape index (κ2) is 6.80. The third kappa shape index (κ3) is 3.03. The minimum atomic E-state index is -0.281. The van der Waals surface area contributed by atoms with Crippen LogP contribution in [0.1, 0.15) is 11.3 Å². The summed E-state index contributed by atoms with van der Waals surface area (Å²) in [6.07, 6.45) is 1.60. The predicted octanol–water partition coefficient (Wildman–Crippen LogP) is 4.47. The van der Waals surface area contributed by atoms with E-state index in [2.05, 4.69) is 15.4 Å². The Bertz CT molecular complexity index is 1020. The topological polar surface area (TPSA) is 69.9 Å². The van der Waals surface area contributed by atoms with Crippen LogP contribution in [0.3, 0.4) is 0 Å². The third-order valence-electron chi connectivity index (χ3n) is 4.04. The second-order valence-electron chi connectivity index (χ2n) is 5.72. The van der Waals surface area contributed by atoms with Crippen LogP contribution in [-0.2, 0) is 12.8 Å². The summed E-state index contributed by atoms with van der Waals surface area (Å²) in [5.41, 5.74) is 2.54. The van der Waals surface area contributed by atoms with Gasteiger partial charge >= 0.3 is 0 Å². The molecule has 0 fully saturated rings. The summed E-state index contributed by atoms with van der Waals surface area (Å²) in [5.74, 6) is 2.29. The number of nitrogens with zero attached hydrogens (tertiary/aromatic N) is 4. The molecule has 0 saturated heterocycles. The molecular weight excluding hydrogens is 355 g/mol. The molecule has 1 aromatic carbocycles. The van der Waals surface area contributed by atoms with Gasteiger partial charge in [0.1, 0.15) is 5.82 Å². The number of benzene rings is 1. The lowest BCUT2D eigenvalue weighted by atomic mass is 10.1. The van der Waals surface area contributed by atoms with Crippen molar-refractivity contribution >= 4 is 11.8 Å². The van der Waals surface area contributed by atoms with Crippen LogP contribution in [0, 0.1) is 12.7 Å². The quantitative estimate of drug-likeness (QED) is 0.483. The van der Waals surface area contributed by atoms with Gasteiger partial charge in [0.05, 0.1) is 12.0 Å². The molecule has 8 heteroatoms. The van der Waals surface area contributed by atoms with Gasteiger partial charge in [0.15, 0.2) is 22.5 Å². The molecule has 6 nitrogen and oxygen atoms in total. The Morgan fingerprint density at radius 3 is 2.69 bits per heavy atom. The molecule has 0 aliphatic carbocycles. The number of thioether (sulfide) groups is 1. The molecule has 0 atom stereocenters. The fourth-order valence-corrected chi connectivity index (χ4v) is 3.48. The van der Waals surface area contributed by atoms with Gasteiger partial charge in [-0.3, -0.25) is 0 Å². The number of hydrogen-bond donors (Lipinski definition) is 0. The third-order valence-corrected chi connectivity index (χ3v) is 5.07. The van der Waals surface area contributed by atoms with E-state index in [0.29, 0.717) is 23.1 Å². The highest BCUT2D eigenvalue weighted by molar-refractivity contribution is 7.98. The maximum atomic E-state index is 13.1. The fourth-order valence-electron chi connectivity index (χ4n) is 2.57. The first kappa shape index (κ1) is 16.6. The van der Waals surface area contributed by atoms with Crippen LogP contribution in [-0.4, -0.2) is 19.9 Å². The summed E-state index contributed by atoms with van der Waals surface area (Å²) < 4.78 is 25.8. The molecule has 26 heavy (non-hydrogen) atoms. The van der Waals surface area contributed by atoms with Crippen LogP contribution in [0.2, 0.25) is 0 Å². The van der Waals surface area contributed by atoms with Crippen LogP contribution >= 0.6 is 11.8 Å². The zero-order valence-corrected chi connectivity index (χ0v) is 15.0. The molecule has 0 radical (unpaired) electrons. The van der Waals surface area contributed by atoms with E-state index in [4.69, 9.17) is 8.94 Å². The molecule has 132 valence electrons. The highest BCUT2D eigenvalue weighted by atomic mass is 32.2. The molecular formula is C18H15FN4O2S. The van der Waals surface area contributed by atoms with E-state index >= 15 is 0 Å². The molecule has 0 N–H and O–H groups in total. The Morgan fingerprint density at radius 1 is 1.15 bits per heavy atom. The van der Waals surface area contributed by atoms with E-state index in [1.54, 1.807) is 18.4 Å². The van der Waals surface area contributed by atoms with Crippen molar-refractivity contribution in [2.45, 2.75) is 17.8 Å². The smallest absolute Gasteiger partial charge is 0.200 e. The first-order valence-electron chi connectivity index (χ1n) is 7.90. The molecule has 0 spiro atoms. The van der Waals surface area contributed by atoms with E-state index in [1.807, 2.05) is 30.7 Å². The lowest BCUT2D eigenvalue weighted by Gasteiger charge is -2.01. The number of rotatable bonds is 5. The average Bonchev–Trinajstić information content (AvgIpc) is 3.36. The Hall–Kier alpha value is -2.87. The Balaban J connectivity index is 1.52. The summed E-state index contributed by atoms with van der Waals surface area (Å²) in [5, 5.41) is 13.3. The van der Waals surface area contributed by atoms with E-state index in [0.717, 1.165) is 22.0 Å². The van der Waals surface area contributed by atoms with Gasteiger partial charge in [0, 0.05) is 23.9 Å². The average molecular weight is 370 g/mol. The Labute approximate surface area is 153 Å². The van der Waals surface area contributed by atoms with Gasteiger partial charge in [-0.25, -0.2) is 4.39 Å². The van der Waals surface area contributed by atoms with Crippen LogP contribution in [0.15, 0.2) is 56.8 Å². The molecule has 0 aliphatic rings. The van der Waals surface area contributed by atoms with E-state index in [9.17, 15) is 4.39 Å². The van der Waals surface area contributed by atoms with Crippen molar-refractivity contribution in [1.82, 2.24) is 19.9 Å². The number of hydrogen-bond acceptors (Lipinski definition) is 6. The van der Waals surface area contributed by atoms with Gasteiger partial charge in [-0.2, -0.15) is 0 Å². The Kier molecular flexibility index (Phi) is 4.34. The minimum absolute atomic E-state index is 0.281. The van der Waals surface area contributed by atoms with Crippen molar-refractivity contribution in [2.24, 2.45) is 7.05 Å². The fraction of sp³-hybridized carbons (Fsp3) is 0.167. The Morgan fingerprint density at radius 2 is 1.96 bits per heavy atom. The zero-order valence-electron chi connectivity index (χ0n) is 14.1. The SMILES string of the molecule is Cc1c(CSc2nnc(-c3ccco3)n2C)noc1-c1ccc(F)cc1. The summed E-state index contributed by atoms with van der Waals surface area (Å²) in [6.45, 7) is 1.94. The molecule has 0 aliphatic heterocycles. The lowest BCUT2D eigenvalue weighted by Crippen LogP contribution is -1.94. The zero-order chi connectivity index (χ0) is 18.1. The van der Waals surface area contributed by atoms with Crippen molar-refractivity contribution in [3.63, 3.8) is 0 Å². The molecule has 3 aromatic heterocycles. The van der Waals surface area contributed by atoms with Crippen LogP contribution in [0.25, 0.3) is 22.9 Å². The van der Waals surface area contributed by atoms with Crippen LogP contribution in [0.4, 0.5) is 4.39 Å². The molecule has 4 aromatic rings. The standard InChI is InChI=1S/C18H15FN4O2S/c1-11-14(22-25-16(11)12-5-7-13(19)8-6-12)10-26-18-21-20-17(23(18)2)15-4-3-9-24-15/h3-9H,10H2,1-2H3. The predicted molar refractivity (Wildman–Crippen MR) is 94.9 cm³/mol. The number of furan rings is 1. The van der Waals surface area contributed by atoms with Gasteiger partial charge in [-0.05, 0) is 43.3 Å². The maximum Gasteiger partial charge on any atom is 0.200 e. The van der Waals surface area contributed by atoms with Crippen molar-refractivity contribution in [3.8, 4) is 22.9 Å². The van der Waals surface area contributed by atoms with Crippen LogP contribution < -0.4 is 0 Å². The molecule has 0 unspecified atom stereocenters. The highest BCUT2D eigenvalue weighted by Crippen LogP contribution is 2.30. The number of halogens is 1. The molecule has 0 amide bonds. The highest BCUT2D eigenvalue weighted by Gasteiger charge is 2.17. The molecule has 4 rings (SSSR count). The van der Waals surface area contributed by atoms with Crippen molar-refractivity contribution < 1.29 is 13.3 Å². The van der Waals surface area contributed by atoms with Gasteiger partial charge in [0.25, 0.3) is 0 Å². The first-order valence-corrected chi connectivity index (χ1v) is 8.89. The van der Waals surface area contributed by atoms with Crippen LogP contribution in [0.5, 0.6) is 0 Å². The molecule has 0 bridgehead atoms. The minimum Gasteiger partial charge on any atom is -0.461 e. The molecule has 0 saturated carbocycles. The van der Waals surface area contributed by atoms with Gasteiger partial charge < -0.3 is 13.5 Å². The monoisotopic (exact) mass is 370 g/mol. The maximum absolute atomic E-state index is 13.1. The summed E-state index contributed by atoms with van der Waals surface area (Å²) in [7, 11) is 1.89. The lowest BCUT2D eigenvalue weighted by molar-refractivity contribution is 0.426. The summed E-state index contributed by atoms with van der Waals surface area (Å²) in [6, 6.07) is 9.82. The van der Waals surface area contributed by atoms with Crippen molar-refractivity contribution in [1.29, 1.82) is 0 Å². The van der Waals surface area contributed by atoms with Crippen molar-refractivity contribution in [2.75, 3.05) is 0 Å². The van der Waals surface area contributed by atoms with E-state index in [1.165, 1.54) is 23.9 Å². The summed E-state index contributed by atoms with van der Waals surface area (Å²) in [4.78, 5) is 0. The number of aromatic nitrogens is 4. The van der Waals surface area contributed by atoms with Gasteiger partial charge in [-0.1, -0.05) is 16.9 Å². The van der Waals surface area contributed by atoms with Gasteiger partial charge in [-0.15, -0.1) is 10.2 Å². The second-order valence-corrected chi connectivity index (χ2v) is 6.66. The van der Waals surface area contributed by atoms with Crippen molar-refractivity contribution in [3.05, 3.63) is 59.7 Å². The molecule has 3 heterocycles. The largest absolute Gasteiger partial charge is 0.461 e. The summed E-state index contributed by atoms with van der Waals surface area (Å²) >= 11 is 1.51. The first-order chi connectivity index (χ1) is 12.6. The normalized spacial score (nSPS) is 11.2. The van der Waals surface area contributed by atoms with Gasteiger partial charge in [0.2, 0.25) is 0 Å². The van der Waals surface area contributed by atoms with E-state index in [-0.39, 0.29) is 5.82 Å².